The lowest BCUT2D eigenvalue weighted by Gasteiger charge is -2.17. The Balaban J connectivity index is 2.64. The number of nitrogens with one attached hydrogen (secondary N) is 1. The molecule has 110 valence electrons. The summed E-state index contributed by atoms with van der Waals surface area (Å²) in [7, 11) is 0. The first-order valence-corrected chi connectivity index (χ1v) is 7.84. The summed E-state index contributed by atoms with van der Waals surface area (Å²) in [4.78, 5) is 3.35. The molecule has 2 rings (SSSR count). The number of aromatic amines is 1. The van der Waals surface area contributed by atoms with Gasteiger partial charge in [0.25, 0.3) is 0 Å². The Hall–Kier alpha value is -0.800. The highest BCUT2D eigenvalue weighted by molar-refractivity contribution is 6.22. The Morgan fingerprint density at radius 2 is 1.45 bits per heavy atom. The zero-order chi connectivity index (χ0) is 15.0. The van der Waals surface area contributed by atoms with E-state index in [4.69, 9.17) is 23.2 Å². The van der Waals surface area contributed by atoms with Crippen LogP contribution in [0.15, 0.2) is 6.07 Å². The van der Waals surface area contributed by atoms with E-state index < -0.39 is 0 Å². The van der Waals surface area contributed by atoms with Gasteiger partial charge in [0, 0.05) is 11.1 Å². The van der Waals surface area contributed by atoms with Crippen molar-refractivity contribution < 1.29 is 0 Å². The number of hydrogen-bond donors (Lipinski definition) is 1. The maximum absolute atomic E-state index is 6.47. The molecule has 0 bridgehead atoms. The Morgan fingerprint density at radius 3 is 2.00 bits per heavy atom. The van der Waals surface area contributed by atoms with Gasteiger partial charge in [0.1, 0.15) is 5.69 Å². The average Bonchev–Trinajstić information content (AvgIpc) is 2.76. The van der Waals surface area contributed by atoms with Crippen molar-refractivity contribution in [2.45, 2.75) is 45.4 Å². The van der Waals surface area contributed by atoms with Gasteiger partial charge >= 0.3 is 0 Å². The van der Waals surface area contributed by atoms with Gasteiger partial charge in [0.2, 0.25) is 0 Å². The molecule has 2 aromatic rings. The van der Waals surface area contributed by atoms with Gasteiger partial charge in [-0.3, -0.25) is 0 Å². The molecule has 2 heterocycles. The van der Waals surface area contributed by atoms with Crippen LogP contribution in [-0.4, -0.2) is 15.2 Å². The molecular weight excluding hydrogens is 293 g/mol. The number of halogens is 2. The van der Waals surface area contributed by atoms with E-state index in [2.05, 4.69) is 48.9 Å². The van der Waals surface area contributed by atoms with E-state index >= 15 is 0 Å². The summed E-state index contributed by atoms with van der Waals surface area (Å²) in [6.45, 7) is 10.3. The smallest absolute Gasteiger partial charge is 0.105 e. The topological polar surface area (TPSA) is 41.6 Å². The zero-order valence-corrected chi connectivity index (χ0v) is 14.0. The number of aromatic nitrogens is 3. The van der Waals surface area contributed by atoms with Crippen molar-refractivity contribution >= 4 is 34.1 Å². The Labute approximate surface area is 130 Å². The molecule has 0 aliphatic rings. The fraction of sp³-hybridized carbons (Fsp3) is 0.600. The Bertz CT molecular complexity index is 553. The maximum Gasteiger partial charge on any atom is 0.105 e. The second kappa shape index (κ2) is 5.90. The molecule has 0 saturated carbocycles. The van der Waals surface area contributed by atoms with Crippen molar-refractivity contribution in [3.8, 4) is 0 Å². The number of hydrogen-bond acceptors (Lipinski definition) is 2. The normalized spacial score (nSPS) is 15.2. The second-order valence-electron chi connectivity index (χ2n) is 6.00. The highest BCUT2D eigenvalue weighted by Crippen LogP contribution is 2.37. The summed E-state index contributed by atoms with van der Waals surface area (Å²) in [5, 5.41) is 9.43. The molecule has 0 amide bonds. The summed E-state index contributed by atoms with van der Waals surface area (Å²) < 4.78 is 0. The van der Waals surface area contributed by atoms with Crippen molar-refractivity contribution in [3.05, 3.63) is 23.1 Å². The van der Waals surface area contributed by atoms with Gasteiger partial charge in [-0.25, -0.2) is 0 Å². The first kappa shape index (κ1) is 15.6. The van der Waals surface area contributed by atoms with Crippen LogP contribution in [0.4, 0.5) is 0 Å². The van der Waals surface area contributed by atoms with Gasteiger partial charge in [0.15, 0.2) is 0 Å². The lowest BCUT2D eigenvalue weighted by atomic mass is 10.0. The molecule has 2 unspecified atom stereocenters. The number of rotatable bonds is 4. The van der Waals surface area contributed by atoms with Crippen LogP contribution in [0.5, 0.6) is 0 Å². The van der Waals surface area contributed by atoms with Gasteiger partial charge in [-0.15, -0.1) is 23.2 Å². The maximum atomic E-state index is 6.47. The number of aryl methyl sites for hydroxylation is 1. The molecule has 1 N–H and O–H groups in total. The quantitative estimate of drug-likeness (QED) is 0.794. The van der Waals surface area contributed by atoms with Gasteiger partial charge in [0.05, 0.1) is 22.0 Å². The molecule has 2 atom stereocenters. The fourth-order valence-corrected chi connectivity index (χ4v) is 2.55. The van der Waals surface area contributed by atoms with E-state index in [0.29, 0.717) is 11.8 Å². The van der Waals surface area contributed by atoms with E-state index in [1.165, 1.54) is 0 Å². The first-order valence-electron chi connectivity index (χ1n) is 6.96. The third-order valence-corrected chi connectivity index (χ3v) is 4.86. The number of nitrogens with zero attached hydrogens (tertiary/aromatic N) is 2. The van der Waals surface area contributed by atoms with Crippen molar-refractivity contribution in [1.82, 2.24) is 15.2 Å². The summed E-state index contributed by atoms with van der Waals surface area (Å²) in [6, 6.07) is 2.07. The summed E-state index contributed by atoms with van der Waals surface area (Å²) in [5.74, 6) is 0.590. The van der Waals surface area contributed by atoms with Crippen LogP contribution in [0.25, 0.3) is 10.9 Å². The lowest BCUT2D eigenvalue weighted by molar-refractivity contribution is 0.591. The summed E-state index contributed by atoms with van der Waals surface area (Å²) in [5.41, 5.74) is 3.67. The molecule has 2 aromatic heterocycles. The van der Waals surface area contributed by atoms with Crippen molar-refractivity contribution in [2.24, 2.45) is 11.8 Å². The van der Waals surface area contributed by atoms with Crippen LogP contribution in [0.2, 0.25) is 0 Å². The minimum atomic E-state index is -0.162. The number of fused-ring (bicyclic) bond motifs is 1. The highest BCUT2D eigenvalue weighted by atomic mass is 35.5. The molecule has 0 aromatic carbocycles. The molecule has 3 nitrogen and oxygen atoms in total. The van der Waals surface area contributed by atoms with Crippen LogP contribution in [0.1, 0.15) is 55.5 Å². The van der Waals surface area contributed by atoms with E-state index in [0.717, 1.165) is 28.0 Å². The molecule has 20 heavy (non-hydrogen) atoms. The van der Waals surface area contributed by atoms with Crippen molar-refractivity contribution in [3.63, 3.8) is 0 Å². The third kappa shape index (κ3) is 2.79. The highest BCUT2D eigenvalue weighted by Gasteiger charge is 2.24. The van der Waals surface area contributed by atoms with E-state index in [-0.39, 0.29) is 10.8 Å². The summed E-state index contributed by atoms with van der Waals surface area (Å²) >= 11 is 12.9. The largest absolute Gasteiger partial charge is 0.357 e. The van der Waals surface area contributed by atoms with E-state index in [9.17, 15) is 0 Å². The van der Waals surface area contributed by atoms with Gasteiger partial charge in [-0.05, 0) is 24.8 Å². The predicted octanol–water partition coefficient (Wildman–Crippen LogP) is 5.14. The molecule has 0 saturated heterocycles. The van der Waals surface area contributed by atoms with Crippen LogP contribution < -0.4 is 0 Å². The van der Waals surface area contributed by atoms with E-state index in [1.54, 1.807) is 0 Å². The second-order valence-corrected chi connectivity index (χ2v) is 6.94. The fourth-order valence-electron chi connectivity index (χ4n) is 2.23. The Morgan fingerprint density at radius 1 is 0.950 bits per heavy atom. The SMILES string of the molecule is Cc1cc2c(C(Cl)C(C)C)nnc(C(Cl)C(C)C)c2[nH]1. The zero-order valence-electron chi connectivity index (χ0n) is 12.5. The van der Waals surface area contributed by atoms with Gasteiger partial charge in [-0.1, -0.05) is 27.7 Å². The summed E-state index contributed by atoms with van der Waals surface area (Å²) in [6.07, 6.45) is 0. The minimum absolute atomic E-state index is 0.151. The minimum Gasteiger partial charge on any atom is -0.357 e. The van der Waals surface area contributed by atoms with Gasteiger partial charge in [-0.2, -0.15) is 10.2 Å². The predicted molar refractivity (Wildman–Crippen MR) is 85.5 cm³/mol. The molecule has 0 fully saturated rings. The lowest BCUT2D eigenvalue weighted by Crippen LogP contribution is -2.09. The van der Waals surface area contributed by atoms with Crippen molar-refractivity contribution in [2.75, 3.05) is 0 Å². The number of alkyl halides is 2. The molecule has 5 heteroatoms. The first-order chi connectivity index (χ1) is 9.32. The van der Waals surface area contributed by atoms with Crippen LogP contribution in [0.3, 0.4) is 0 Å². The average molecular weight is 314 g/mol. The van der Waals surface area contributed by atoms with Crippen molar-refractivity contribution in [1.29, 1.82) is 0 Å². The third-order valence-electron chi connectivity index (χ3n) is 3.44. The van der Waals surface area contributed by atoms with Crippen LogP contribution in [-0.2, 0) is 0 Å². The molecule has 0 aliphatic heterocycles. The molecule has 0 radical (unpaired) electrons. The number of H-pyrrole nitrogens is 1. The molecule has 0 aliphatic carbocycles. The molecule has 0 spiro atoms. The monoisotopic (exact) mass is 313 g/mol. The van der Waals surface area contributed by atoms with E-state index in [1.807, 2.05) is 6.92 Å². The van der Waals surface area contributed by atoms with Gasteiger partial charge < -0.3 is 4.98 Å². The van der Waals surface area contributed by atoms with Crippen LogP contribution >= 0.6 is 23.2 Å². The Kier molecular flexibility index (Phi) is 4.60. The van der Waals surface area contributed by atoms with Crippen LogP contribution in [0, 0.1) is 18.8 Å². The standard InChI is InChI=1S/C15H21Cl2N3/c1-7(2)11(16)13-10-6-9(5)18-14(10)15(20-19-13)12(17)8(3)4/h6-8,11-12,18H,1-5H3. The molecular formula is C15H21Cl2N3.